The highest BCUT2D eigenvalue weighted by Gasteiger charge is 2.28. The Balaban J connectivity index is 1.97. The monoisotopic (exact) mass is 474 g/mol. The second kappa shape index (κ2) is 8.83. The Morgan fingerprint density at radius 2 is 1.60 bits per heavy atom. The normalized spacial score (nSPS) is 14.9. The molecule has 1 heterocycles. The molecule has 0 aliphatic rings. The lowest BCUT2D eigenvalue weighted by Gasteiger charge is -2.07. The second-order valence-corrected chi connectivity index (χ2v) is 11.9. The molecule has 0 amide bonds. The Morgan fingerprint density at radius 1 is 0.967 bits per heavy atom. The third-order valence-corrected chi connectivity index (χ3v) is 8.57. The first-order valence-corrected chi connectivity index (χ1v) is 13.4. The molecule has 3 aromatic rings. The molecular formula is C19H24NO7S3+. The van der Waals surface area contributed by atoms with Gasteiger partial charge in [-0.2, -0.15) is 16.8 Å². The third-order valence-electron chi connectivity index (χ3n) is 5.08. The maximum atomic E-state index is 11.4. The largest absolute Gasteiger partial charge is 0.412 e. The van der Waals surface area contributed by atoms with Crippen LogP contribution in [-0.4, -0.2) is 42.2 Å². The number of thioether (sulfide) groups is 1. The predicted molar refractivity (Wildman–Crippen MR) is 116 cm³/mol. The fraction of sp³-hybridized carbons (Fsp3) is 0.421. The van der Waals surface area contributed by atoms with Crippen LogP contribution in [0.3, 0.4) is 0 Å². The summed E-state index contributed by atoms with van der Waals surface area (Å²) in [6, 6.07) is 11.5. The van der Waals surface area contributed by atoms with Crippen LogP contribution in [0, 0.1) is 0 Å². The maximum Gasteiger partial charge on any atom is 0.412 e. The molecule has 8 nitrogen and oxygen atoms in total. The van der Waals surface area contributed by atoms with Crippen molar-refractivity contribution >= 4 is 53.9 Å². The van der Waals surface area contributed by atoms with Gasteiger partial charge in [0.15, 0.2) is 6.54 Å². The average molecular weight is 475 g/mol. The summed E-state index contributed by atoms with van der Waals surface area (Å²) in [5.74, 6) is 0.382. The third kappa shape index (κ3) is 5.14. The van der Waals surface area contributed by atoms with Crippen LogP contribution in [0.15, 0.2) is 46.0 Å². The number of benzene rings is 2. The van der Waals surface area contributed by atoms with Gasteiger partial charge in [-0.25, -0.2) is 0 Å². The Labute approximate surface area is 179 Å². The Kier molecular flexibility index (Phi) is 6.78. The van der Waals surface area contributed by atoms with Crippen molar-refractivity contribution in [3.05, 3.63) is 36.4 Å². The van der Waals surface area contributed by atoms with E-state index in [-0.39, 0.29) is 19.4 Å². The molecule has 0 saturated carbocycles. The molecule has 30 heavy (non-hydrogen) atoms. The highest BCUT2D eigenvalue weighted by atomic mass is 32.2. The summed E-state index contributed by atoms with van der Waals surface area (Å²) in [5.41, 5.74) is 1.43. The summed E-state index contributed by atoms with van der Waals surface area (Å²) >= 11 is 1.29. The highest BCUT2D eigenvalue weighted by molar-refractivity contribution is 7.99. The topological polar surface area (TPSA) is 126 Å². The zero-order valence-corrected chi connectivity index (χ0v) is 19.0. The van der Waals surface area contributed by atoms with Gasteiger partial charge in [0.2, 0.25) is 5.58 Å². The smallest absolute Gasteiger partial charge is 0.393 e. The van der Waals surface area contributed by atoms with Gasteiger partial charge in [-0.1, -0.05) is 24.3 Å². The molecule has 0 fully saturated rings. The van der Waals surface area contributed by atoms with Crippen LogP contribution in [0.25, 0.3) is 21.9 Å². The molecule has 0 saturated heterocycles. The number of oxazole rings is 1. The van der Waals surface area contributed by atoms with Crippen molar-refractivity contribution in [2.24, 2.45) is 0 Å². The number of aryl methyl sites for hydroxylation is 1. The van der Waals surface area contributed by atoms with Crippen LogP contribution >= 0.6 is 11.8 Å². The number of aromatic nitrogens is 1. The van der Waals surface area contributed by atoms with Crippen molar-refractivity contribution in [1.29, 1.82) is 0 Å². The predicted octanol–water partition coefficient (Wildman–Crippen LogP) is 3.30. The minimum absolute atomic E-state index is 0.177. The highest BCUT2D eigenvalue weighted by Crippen LogP contribution is 2.29. The Hall–Kier alpha value is -1.66. The molecule has 2 unspecified atom stereocenters. The van der Waals surface area contributed by atoms with Gasteiger partial charge in [-0.05, 0) is 49.5 Å². The van der Waals surface area contributed by atoms with E-state index >= 15 is 0 Å². The molecule has 0 aliphatic heterocycles. The number of fused-ring (bicyclic) bond motifs is 3. The first kappa shape index (κ1) is 23.0. The van der Waals surface area contributed by atoms with Crippen molar-refractivity contribution in [2.75, 3.05) is 5.75 Å². The molecule has 164 valence electrons. The van der Waals surface area contributed by atoms with E-state index in [2.05, 4.69) is 0 Å². The lowest BCUT2D eigenvalue weighted by Crippen LogP contribution is -2.37. The fourth-order valence-corrected chi connectivity index (χ4v) is 5.17. The second-order valence-electron chi connectivity index (χ2n) is 7.23. The standard InChI is InChI=1S/C19H23NO7S3/c1-13(29(21,22)23)9-11-20-18-16-6-4-3-5-15(16)7-8-17(18)27-19(20)28-12-10-14(2)30(24,25)26/h3-8,13-14H,9-12H2,1-2H3,(H-,21,22,23,24,25,26)/p+1. The van der Waals surface area contributed by atoms with Gasteiger partial charge in [0.05, 0.1) is 15.9 Å². The van der Waals surface area contributed by atoms with Crippen molar-refractivity contribution in [1.82, 2.24) is 0 Å². The summed E-state index contributed by atoms with van der Waals surface area (Å²) in [7, 11) is -8.26. The number of rotatable bonds is 9. The van der Waals surface area contributed by atoms with Crippen LogP contribution in [0.2, 0.25) is 0 Å². The van der Waals surface area contributed by atoms with E-state index in [1.54, 1.807) is 0 Å². The van der Waals surface area contributed by atoms with E-state index in [1.165, 1.54) is 25.6 Å². The molecule has 2 aromatic carbocycles. The Morgan fingerprint density at radius 3 is 2.27 bits per heavy atom. The summed E-state index contributed by atoms with van der Waals surface area (Å²) in [6.07, 6.45) is 0.402. The molecule has 2 N–H and O–H groups in total. The first-order valence-electron chi connectivity index (χ1n) is 9.38. The first-order chi connectivity index (χ1) is 14.0. The molecule has 1 aromatic heterocycles. The minimum Gasteiger partial charge on any atom is -0.393 e. The van der Waals surface area contributed by atoms with Crippen LogP contribution in [0.5, 0.6) is 0 Å². The molecule has 11 heteroatoms. The van der Waals surface area contributed by atoms with Crippen molar-refractivity contribution in [3.8, 4) is 0 Å². The van der Waals surface area contributed by atoms with Gasteiger partial charge < -0.3 is 4.42 Å². The SMILES string of the molecule is CC(CCSc1oc2ccc3ccccc3c2[n+]1CCC(C)S(=O)(=O)O)S(=O)(=O)O. The van der Waals surface area contributed by atoms with Gasteiger partial charge in [0.1, 0.15) is 0 Å². The molecule has 0 aliphatic carbocycles. The minimum atomic E-state index is -4.15. The van der Waals surface area contributed by atoms with Crippen molar-refractivity contribution < 1.29 is 34.9 Å². The number of hydrogen-bond acceptors (Lipinski definition) is 6. The lowest BCUT2D eigenvalue weighted by atomic mass is 10.1. The van der Waals surface area contributed by atoms with Gasteiger partial charge in [-0.15, -0.1) is 4.57 Å². The lowest BCUT2D eigenvalue weighted by molar-refractivity contribution is -0.716. The number of hydrogen-bond donors (Lipinski definition) is 2. The zero-order chi connectivity index (χ0) is 22.1. The van der Waals surface area contributed by atoms with Crippen LogP contribution in [-0.2, 0) is 26.8 Å². The summed E-state index contributed by atoms with van der Waals surface area (Å²) in [5, 5.41) is 0.604. The van der Waals surface area contributed by atoms with Crippen LogP contribution < -0.4 is 4.57 Å². The molecular weight excluding hydrogens is 450 g/mol. The van der Waals surface area contributed by atoms with Crippen molar-refractivity contribution in [3.63, 3.8) is 0 Å². The van der Waals surface area contributed by atoms with E-state index in [1.807, 2.05) is 41.0 Å². The summed E-state index contributed by atoms with van der Waals surface area (Å²) < 4.78 is 71.6. The van der Waals surface area contributed by atoms with Gasteiger partial charge >= 0.3 is 5.22 Å². The van der Waals surface area contributed by atoms with E-state index in [0.717, 1.165) is 16.3 Å². The average Bonchev–Trinajstić information content (AvgIpc) is 3.02. The molecule has 2 atom stereocenters. The van der Waals surface area contributed by atoms with Crippen LogP contribution in [0.1, 0.15) is 26.7 Å². The zero-order valence-electron chi connectivity index (χ0n) is 16.6. The van der Waals surface area contributed by atoms with Crippen LogP contribution in [0.4, 0.5) is 0 Å². The Bertz CT molecular complexity index is 1270. The van der Waals surface area contributed by atoms with Gasteiger partial charge in [0, 0.05) is 12.2 Å². The summed E-state index contributed by atoms with van der Waals surface area (Å²) in [6.45, 7) is 3.17. The number of nitrogens with zero attached hydrogens (tertiary/aromatic N) is 1. The fourth-order valence-electron chi connectivity index (χ4n) is 3.07. The molecule has 0 radical (unpaired) electrons. The van der Waals surface area contributed by atoms with Gasteiger partial charge in [-0.3, -0.25) is 9.11 Å². The quantitative estimate of drug-likeness (QED) is 0.275. The van der Waals surface area contributed by atoms with E-state index < -0.39 is 30.7 Å². The molecule has 0 spiro atoms. The van der Waals surface area contributed by atoms with E-state index in [9.17, 15) is 21.4 Å². The molecule has 0 bridgehead atoms. The summed E-state index contributed by atoms with van der Waals surface area (Å²) in [4.78, 5) is 0. The molecule has 3 rings (SSSR count). The maximum absolute atomic E-state index is 11.4. The van der Waals surface area contributed by atoms with Gasteiger partial charge in [0.25, 0.3) is 25.8 Å². The van der Waals surface area contributed by atoms with Crippen molar-refractivity contribution in [2.45, 2.75) is 49.0 Å². The van der Waals surface area contributed by atoms with E-state index in [0.29, 0.717) is 16.6 Å². The van der Waals surface area contributed by atoms with E-state index in [4.69, 9.17) is 8.97 Å².